The average molecular weight is 351 g/mol. The zero-order valence-electron chi connectivity index (χ0n) is 16.1. The lowest BCUT2D eigenvalue weighted by atomic mass is 10.0. The van der Waals surface area contributed by atoms with E-state index in [1.165, 1.54) is 70.3 Å². The Kier molecular flexibility index (Phi) is 13.3. The number of rotatable bonds is 0. The van der Waals surface area contributed by atoms with Gasteiger partial charge in [-0.15, -0.1) is 0 Å². The summed E-state index contributed by atoms with van der Waals surface area (Å²) in [5.41, 5.74) is 0. The van der Waals surface area contributed by atoms with E-state index in [0.717, 1.165) is 19.3 Å². The molecule has 1 rings (SSSR count). The minimum Gasteiger partial charge on any atom is -0.460 e. The number of aliphatic hydroxyl groups excluding tert-OH is 1. The molecular weight excluding hydrogens is 312 g/mol. The van der Waals surface area contributed by atoms with Crippen LogP contribution in [0.25, 0.3) is 0 Å². The second-order valence-electron chi connectivity index (χ2n) is 7.35. The van der Waals surface area contributed by atoms with Crippen molar-refractivity contribution < 1.29 is 14.6 Å². The predicted octanol–water partition coefficient (Wildman–Crippen LogP) is 5.87. The van der Waals surface area contributed by atoms with Gasteiger partial charge in [-0.1, -0.05) is 76.0 Å². The van der Waals surface area contributed by atoms with Crippen LogP contribution in [0.5, 0.6) is 0 Å². The summed E-state index contributed by atoms with van der Waals surface area (Å²) in [6.07, 6.45) is 23.2. The molecule has 0 aromatic carbocycles. The smallest absolute Gasteiger partial charge is 0.330 e. The van der Waals surface area contributed by atoms with Gasteiger partial charge < -0.3 is 9.84 Å². The second kappa shape index (κ2) is 15.2. The molecule has 1 heterocycles. The maximum absolute atomic E-state index is 11.7. The zero-order chi connectivity index (χ0) is 18.2. The number of cyclic esters (lactones) is 1. The molecule has 0 aliphatic carbocycles. The number of hydrogen-bond acceptors (Lipinski definition) is 3. The number of aliphatic hydroxyl groups is 1. The summed E-state index contributed by atoms with van der Waals surface area (Å²) in [7, 11) is 0. The minimum absolute atomic E-state index is 0.0279. The summed E-state index contributed by atoms with van der Waals surface area (Å²) >= 11 is 0. The lowest BCUT2D eigenvalue weighted by Gasteiger charge is -2.11. The van der Waals surface area contributed by atoms with Crippen molar-refractivity contribution >= 4 is 5.97 Å². The normalized spacial score (nSPS) is 27.0. The first-order valence-corrected chi connectivity index (χ1v) is 10.4. The van der Waals surface area contributed by atoms with Crippen molar-refractivity contribution in [2.45, 2.75) is 109 Å². The maximum atomic E-state index is 11.7. The van der Waals surface area contributed by atoms with Crippen LogP contribution in [-0.4, -0.2) is 23.3 Å². The topological polar surface area (TPSA) is 46.5 Å². The third-order valence-electron chi connectivity index (χ3n) is 4.79. The highest BCUT2D eigenvalue weighted by Crippen LogP contribution is 2.14. The van der Waals surface area contributed by atoms with Crippen LogP contribution in [0, 0.1) is 0 Å². The molecular formula is C22H38O3. The lowest BCUT2D eigenvalue weighted by Crippen LogP contribution is -2.13. The van der Waals surface area contributed by atoms with Gasteiger partial charge in [0.2, 0.25) is 0 Å². The lowest BCUT2D eigenvalue weighted by molar-refractivity contribution is -0.142. The highest BCUT2D eigenvalue weighted by Gasteiger charge is 2.06. The molecule has 0 unspecified atom stereocenters. The van der Waals surface area contributed by atoms with E-state index in [9.17, 15) is 9.90 Å². The van der Waals surface area contributed by atoms with Crippen molar-refractivity contribution in [2.75, 3.05) is 0 Å². The molecule has 2 atom stereocenters. The van der Waals surface area contributed by atoms with Gasteiger partial charge >= 0.3 is 5.97 Å². The molecule has 0 aromatic heterocycles. The monoisotopic (exact) mass is 350 g/mol. The quantitative estimate of drug-likeness (QED) is 0.439. The van der Waals surface area contributed by atoms with E-state index >= 15 is 0 Å². The highest BCUT2D eigenvalue weighted by atomic mass is 16.5. The van der Waals surface area contributed by atoms with Crippen molar-refractivity contribution in [1.82, 2.24) is 0 Å². The highest BCUT2D eigenvalue weighted by molar-refractivity contribution is 5.82. The van der Waals surface area contributed by atoms with Crippen molar-refractivity contribution in [2.24, 2.45) is 0 Å². The first kappa shape index (κ1) is 22.0. The van der Waals surface area contributed by atoms with Crippen LogP contribution in [0.3, 0.4) is 0 Å². The van der Waals surface area contributed by atoms with Crippen LogP contribution in [0.2, 0.25) is 0 Å². The Morgan fingerprint density at radius 2 is 1.44 bits per heavy atom. The fourth-order valence-corrected chi connectivity index (χ4v) is 3.22. The van der Waals surface area contributed by atoms with Crippen molar-refractivity contribution in [3.63, 3.8) is 0 Å². The SMILES string of the molecule is C[C@@H]1CCCCCCCCCCCCCC=C[C@@H](O)CC=CC(=O)O1. The van der Waals surface area contributed by atoms with Crippen LogP contribution >= 0.6 is 0 Å². The maximum Gasteiger partial charge on any atom is 0.330 e. The van der Waals surface area contributed by atoms with Crippen LogP contribution < -0.4 is 0 Å². The molecule has 144 valence electrons. The first-order chi connectivity index (χ1) is 12.2. The van der Waals surface area contributed by atoms with Crippen molar-refractivity contribution in [1.29, 1.82) is 0 Å². The third kappa shape index (κ3) is 13.8. The van der Waals surface area contributed by atoms with Gasteiger partial charge in [-0.3, -0.25) is 0 Å². The number of esters is 1. The van der Waals surface area contributed by atoms with Crippen LogP contribution in [0.15, 0.2) is 24.3 Å². The molecule has 3 heteroatoms. The van der Waals surface area contributed by atoms with Gasteiger partial charge in [0.1, 0.15) is 0 Å². The fraction of sp³-hybridized carbons (Fsp3) is 0.773. The van der Waals surface area contributed by atoms with Gasteiger partial charge in [0.05, 0.1) is 12.2 Å². The van der Waals surface area contributed by atoms with Crippen LogP contribution in [0.4, 0.5) is 0 Å². The molecule has 0 bridgehead atoms. The standard InChI is InChI=1S/C22H38O3/c1-20-16-13-11-9-7-5-3-2-4-6-8-10-12-14-17-21(23)18-15-19-22(24)25-20/h14-15,17,19-21,23H,2-13,16,18H2,1H3/t20-,21-/m1/s1. The zero-order valence-corrected chi connectivity index (χ0v) is 16.1. The van der Waals surface area contributed by atoms with E-state index in [2.05, 4.69) is 6.08 Å². The molecule has 0 fully saturated rings. The van der Waals surface area contributed by atoms with E-state index < -0.39 is 6.10 Å². The van der Waals surface area contributed by atoms with Gasteiger partial charge in [-0.05, 0) is 39.0 Å². The van der Waals surface area contributed by atoms with Crippen molar-refractivity contribution in [3.8, 4) is 0 Å². The fourth-order valence-electron chi connectivity index (χ4n) is 3.22. The molecule has 0 amide bonds. The molecule has 25 heavy (non-hydrogen) atoms. The molecule has 0 spiro atoms. The Labute approximate surface area is 154 Å². The summed E-state index contributed by atoms with van der Waals surface area (Å²) in [5, 5.41) is 9.88. The molecule has 0 saturated heterocycles. The molecule has 1 aliphatic heterocycles. The van der Waals surface area contributed by atoms with Gasteiger partial charge in [-0.25, -0.2) is 4.79 Å². The Hall–Kier alpha value is -1.09. The summed E-state index contributed by atoms with van der Waals surface area (Å²) in [6, 6.07) is 0. The number of carbonyl (C=O) groups is 1. The number of carbonyl (C=O) groups excluding carboxylic acids is 1. The Bertz CT molecular complexity index is 387. The van der Waals surface area contributed by atoms with E-state index in [-0.39, 0.29) is 12.1 Å². The van der Waals surface area contributed by atoms with Gasteiger partial charge in [0.25, 0.3) is 0 Å². The van der Waals surface area contributed by atoms with Crippen LogP contribution in [0.1, 0.15) is 96.8 Å². The van der Waals surface area contributed by atoms with E-state index in [1.54, 1.807) is 6.08 Å². The summed E-state index contributed by atoms with van der Waals surface area (Å²) in [5.74, 6) is -0.300. The molecule has 1 N–H and O–H groups in total. The summed E-state index contributed by atoms with van der Waals surface area (Å²) in [6.45, 7) is 1.96. The predicted molar refractivity (Wildman–Crippen MR) is 104 cm³/mol. The van der Waals surface area contributed by atoms with Gasteiger partial charge in [0.15, 0.2) is 0 Å². The Morgan fingerprint density at radius 1 is 0.880 bits per heavy atom. The van der Waals surface area contributed by atoms with Crippen LogP contribution in [-0.2, 0) is 9.53 Å². The molecule has 0 radical (unpaired) electrons. The van der Waals surface area contributed by atoms with Gasteiger partial charge in [-0.2, -0.15) is 0 Å². The molecule has 3 nitrogen and oxygen atoms in total. The average Bonchev–Trinajstić information content (AvgIpc) is 2.57. The van der Waals surface area contributed by atoms with E-state index in [4.69, 9.17) is 4.74 Å². The van der Waals surface area contributed by atoms with Gasteiger partial charge in [0, 0.05) is 6.08 Å². The second-order valence-corrected chi connectivity index (χ2v) is 7.35. The largest absolute Gasteiger partial charge is 0.460 e. The molecule has 1 aliphatic rings. The summed E-state index contributed by atoms with van der Waals surface area (Å²) in [4.78, 5) is 11.7. The first-order valence-electron chi connectivity index (χ1n) is 10.4. The Balaban J connectivity index is 2.36. The third-order valence-corrected chi connectivity index (χ3v) is 4.79. The number of ether oxygens (including phenoxy) is 1. The van der Waals surface area contributed by atoms with E-state index in [1.807, 2.05) is 13.0 Å². The minimum atomic E-state index is -0.515. The number of allylic oxidation sites excluding steroid dienone is 1. The number of hydrogen-bond donors (Lipinski definition) is 1. The molecule has 0 saturated carbocycles. The Morgan fingerprint density at radius 3 is 2.08 bits per heavy atom. The summed E-state index contributed by atoms with van der Waals surface area (Å²) < 4.78 is 5.37. The van der Waals surface area contributed by atoms with E-state index in [0.29, 0.717) is 6.42 Å². The molecule has 0 aromatic rings. The van der Waals surface area contributed by atoms with Crippen molar-refractivity contribution in [3.05, 3.63) is 24.3 Å².